The molecule has 6 rings (SSSR count). The fraction of sp³-hybridized carbons (Fsp3) is 0.414. The van der Waals surface area contributed by atoms with Crippen LogP contribution in [0, 0.1) is 18.6 Å². The molecule has 2 fully saturated rings. The molecule has 0 aliphatic heterocycles. The summed E-state index contributed by atoms with van der Waals surface area (Å²) in [6, 6.07) is 3.73. The number of anilines is 2. The molecule has 0 saturated heterocycles. The number of hydrogen-bond donors (Lipinski definition) is 6. The molecule has 0 radical (unpaired) electrons. The van der Waals surface area contributed by atoms with Gasteiger partial charge in [-0.1, -0.05) is 6.07 Å². The second-order valence-electron chi connectivity index (χ2n) is 10.8. The Balaban J connectivity index is 1.35. The van der Waals surface area contributed by atoms with Crippen molar-refractivity contribution in [3.8, 4) is 10.6 Å². The first-order chi connectivity index (χ1) is 20.7. The topological polar surface area (TPSA) is 157 Å². The lowest BCUT2D eigenvalue weighted by atomic mass is 10.1. The number of halogens is 2. The Morgan fingerprint density at radius 3 is 2.53 bits per heavy atom. The molecule has 4 aromatic rings. The summed E-state index contributed by atoms with van der Waals surface area (Å²) >= 11 is 1.46. The summed E-state index contributed by atoms with van der Waals surface area (Å²) in [6.07, 6.45) is 1.70. The number of aryl methyl sites for hydroxylation is 1. The Morgan fingerprint density at radius 2 is 1.81 bits per heavy atom. The van der Waals surface area contributed by atoms with Crippen LogP contribution in [0.3, 0.4) is 0 Å². The number of aromatic nitrogens is 4. The van der Waals surface area contributed by atoms with E-state index in [-0.39, 0.29) is 24.5 Å². The number of carbonyl (C=O) groups is 1. The van der Waals surface area contributed by atoms with E-state index in [4.69, 9.17) is 4.98 Å². The van der Waals surface area contributed by atoms with Crippen molar-refractivity contribution >= 4 is 39.4 Å². The smallest absolute Gasteiger partial charge is 0.315 e. The predicted molar refractivity (Wildman–Crippen MR) is 159 cm³/mol. The number of rotatable bonds is 9. The van der Waals surface area contributed by atoms with Crippen LogP contribution in [-0.4, -0.2) is 67.0 Å². The van der Waals surface area contributed by atoms with E-state index in [9.17, 15) is 23.8 Å². The molecule has 226 valence electrons. The number of hydrogen-bond acceptors (Lipinski definition) is 10. The number of nitrogens with one attached hydrogen (secondary N) is 4. The molecule has 1 aromatic carbocycles. The second kappa shape index (κ2) is 11.9. The fourth-order valence-electron chi connectivity index (χ4n) is 5.39. The van der Waals surface area contributed by atoms with Gasteiger partial charge < -0.3 is 31.5 Å². The lowest BCUT2D eigenvalue weighted by molar-refractivity contribution is 0.0282. The zero-order valence-corrected chi connectivity index (χ0v) is 24.4. The minimum Gasteiger partial charge on any atom is -0.388 e. The molecule has 3 aromatic heterocycles. The van der Waals surface area contributed by atoms with Crippen molar-refractivity contribution in [2.75, 3.05) is 17.2 Å². The van der Waals surface area contributed by atoms with Crippen LogP contribution in [0.25, 0.3) is 20.8 Å². The Morgan fingerprint density at radius 1 is 1.07 bits per heavy atom. The van der Waals surface area contributed by atoms with Crippen molar-refractivity contribution in [2.45, 2.75) is 69.9 Å². The lowest BCUT2D eigenvalue weighted by Gasteiger charge is -2.21. The van der Waals surface area contributed by atoms with Crippen molar-refractivity contribution in [3.63, 3.8) is 0 Å². The number of pyridine rings is 1. The van der Waals surface area contributed by atoms with Gasteiger partial charge >= 0.3 is 6.03 Å². The number of aliphatic hydroxyl groups excluding tert-OH is 2. The van der Waals surface area contributed by atoms with Crippen LogP contribution in [0.1, 0.15) is 49.1 Å². The van der Waals surface area contributed by atoms with Gasteiger partial charge in [0.25, 0.3) is 0 Å². The van der Waals surface area contributed by atoms with Crippen LogP contribution in [0.15, 0.2) is 30.5 Å². The highest BCUT2D eigenvalue weighted by atomic mass is 32.1. The van der Waals surface area contributed by atoms with Gasteiger partial charge in [0.2, 0.25) is 5.95 Å². The Labute approximate surface area is 250 Å². The van der Waals surface area contributed by atoms with Gasteiger partial charge in [-0.05, 0) is 51.3 Å². The van der Waals surface area contributed by atoms with E-state index < -0.39 is 42.0 Å². The first-order valence-corrected chi connectivity index (χ1v) is 15.0. The van der Waals surface area contributed by atoms with Gasteiger partial charge in [0.05, 0.1) is 33.7 Å². The summed E-state index contributed by atoms with van der Waals surface area (Å²) in [5, 5.41) is 33.7. The molecular weight excluding hydrogens is 578 g/mol. The average molecular weight is 611 g/mol. The number of fused-ring (bicyclic) bond motifs is 1. The summed E-state index contributed by atoms with van der Waals surface area (Å²) in [5.74, 6) is -0.565. The third-order valence-electron chi connectivity index (χ3n) is 7.75. The van der Waals surface area contributed by atoms with Gasteiger partial charge in [0, 0.05) is 30.8 Å². The van der Waals surface area contributed by atoms with Crippen LogP contribution < -0.4 is 21.3 Å². The van der Waals surface area contributed by atoms with Crippen molar-refractivity contribution in [3.05, 3.63) is 59.0 Å². The number of nitrogens with zero attached hydrogens (tertiary/aromatic N) is 4. The first kappa shape index (κ1) is 29.1. The molecule has 0 bridgehead atoms. The lowest BCUT2D eigenvalue weighted by Crippen LogP contribution is -2.47. The third kappa shape index (κ3) is 5.94. The highest BCUT2D eigenvalue weighted by Gasteiger charge is 2.43. The molecule has 11 nitrogen and oxygen atoms in total. The molecule has 0 spiro atoms. The molecule has 6 N–H and O–H groups in total. The molecule has 43 heavy (non-hydrogen) atoms. The van der Waals surface area contributed by atoms with Crippen LogP contribution in [-0.2, 0) is 6.54 Å². The van der Waals surface area contributed by atoms with Crippen molar-refractivity contribution < 1.29 is 23.8 Å². The van der Waals surface area contributed by atoms with E-state index in [1.54, 1.807) is 20.0 Å². The minimum atomic E-state index is -1.22. The summed E-state index contributed by atoms with van der Waals surface area (Å²) in [4.78, 5) is 30.8. The summed E-state index contributed by atoms with van der Waals surface area (Å²) in [6.45, 7) is 3.77. The van der Waals surface area contributed by atoms with Crippen LogP contribution in [0.2, 0.25) is 0 Å². The van der Waals surface area contributed by atoms with Gasteiger partial charge in [-0.15, -0.1) is 11.3 Å². The molecule has 2 aliphatic rings. The number of benzene rings is 1. The maximum atomic E-state index is 14.3. The summed E-state index contributed by atoms with van der Waals surface area (Å²) in [7, 11) is 0. The zero-order valence-electron chi connectivity index (χ0n) is 23.6. The van der Waals surface area contributed by atoms with Crippen LogP contribution in [0.4, 0.5) is 25.3 Å². The molecule has 4 atom stereocenters. The van der Waals surface area contributed by atoms with Gasteiger partial charge in [-0.3, -0.25) is 4.98 Å². The SMILES string of the molecule is CCNC(=O)N[C@H]1C[C@@H](Nc2nc(NCc3c(F)cccc3F)nc(C)c2-c2nc3c(C4CC4)nccc3s2)[C@H](O)[C@@H]1O. The van der Waals surface area contributed by atoms with Crippen LogP contribution >= 0.6 is 11.3 Å². The molecule has 2 aliphatic carbocycles. The van der Waals surface area contributed by atoms with Gasteiger partial charge in [0.1, 0.15) is 40.2 Å². The Kier molecular flexibility index (Phi) is 8.07. The van der Waals surface area contributed by atoms with Gasteiger partial charge in [0.15, 0.2) is 0 Å². The Hall–Kier alpha value is -4.01. The highest BCUT2D eigenvalue weighted by Crippen LogP contribution is 2.44. The van der Waals surface area contributed by atoms with Crippen LogP contribution in [0.5, 0.6) is 0 Å². The summed E-state index contributed by atoms with van der Waals surface area (Å²) in [5.41, 5.74) is 2.77. The van der Waals surface area contributed by atoms with E-state index >= 15 is 0 Å². The average Bonchev–Trinajstić information content (AvgIpc) is 3.67. The molecule has 2 amide bonds. The van der Waals surface area contributed by atoms with Crippen molar-refractivity contribution in [1.82, 2.24) is 30.6 Å². The Bertz CT molecular complexity index is 1650. The quantitative estimate of drug-likeness (QED) is 0.166. The summed E-state index contributed by atoms with van der Waals surface area (Å²) < 4.78 is 29.5. The number of thiazole rings is 1. The van der Waals surface area contributed by atoms with Gasteiger partial charge in [-0.2, -0.15) is 4.98 Å². The van der Waals surface area contributed by atoms with Crippen molar-refractivity contribution in [1.29, 1.82) is 0 Å². The number of aliphatic hydroxyl groups is 2. The normalized spacial score (nSPS) is 21.6. The van der Waals surface area contributed by atoms with Crippen molar-refractivity contribution in [2.24, 2.45) is 0 Å². The third-order valence-corrected chi connectivity index (χ3v) is 8.78. The monoisotopic (exact) mass is 610 g/mol. The second-order valence-corrected chi connectivity index (χ2v) is 11.9. The molecule has 3 heterocycles. The minimum absolute atomic E-state index is 0.109. The van der Waals surface area contributed by atoms with E-state index in [0.717, 1.165) is 28.8 Å². The first-order valence-electron chi connectivity index (χ1n) is 14.2. The number of urea groups is 1. The van der Waals surface area contributed by atoms with E-state index in [1.165, 1.54) is 29.5 Å². The molecular formula is C29H32F2N8O3S. The number of carbonyl (C=O) groups excluding carboxylic acids is 1. The van der Waals surface area contributed by atoms with E-state index in [1.807, 2.05) is 6.07 Å². The maximum Gasteiger partial charge on any atom is 0.315 e. The number of amides is 2. The standard InChI is InChI=1S/C29H32F2N8O3S/c1-3-32-29(42)37-19-11-18(24(40)25(19)41)36-26-21(27-38-23-20(43-27)9-10-33-22(23)14-7-8-14)13(2)35-28(39-26)34-12-15-16(30)5-4-6-17(15)31/h4-6,9-10,14,18-19,24-25,40-41H,3,7-8,11-12H2,1-2H3,(H2,32,37,42)(H2,34,35,36,39)/t18-,19+,24+,25-/m1/s1. The molecule has 14 heteroatoms. The molecule has 2 saturated carbocycles. The predicted octanol–water partition coefficient (Wildman–Crippen LogP) is 3.82. The van der Waals surface area contributed by atoms with Gasteiger partial charge in [-0.25, -0.2) is 23.5 Å². The van der Waals surface area contributed by atoms with E-state index in [0.29, 0.717) is 34.5 Å². The van der Waals surface area contributed by atoms with E-state index in [2.05, 4.69) is 36.2 Å². The fourth-order valence-corrected chi connectivity index (χ4v) is 6.46. The largest absolute Gasteiger partial charge is 0.388 e. The highest BCUT2D eigenvalue weighted by molar-refractivity contribution is 7.21. The molecule has 0 unspecified atom stereocenters. The zero-order chi connectivity index (χ0) is 30.2. The maximum absolute atomic E-state index is 14.3.